The molecule has 0 unspecified atom stereocenters. The van der Waals surface area contributed by atoms with Crippen LogP contribution < -0.4 is 11.6 Å². The molecule has 0 amide bonds. The largest absolute Gasteiger partial charge is 0.403 e. The van der Waals surface area contributed by atoms with Crippen LogP contribution in [0.15, 0.2) is 11.9 Å². The molecule has 0 rings (SSSR count). The smallest absolute Gasteiger partial charge is 0.0681 e. The maximum atomic E-state index is 5.84. The van der Waals surface area contributed by atoms with E-state index in [0.29, 0.717) is 12.3 Å². The molecule has 4 N–H and O–H groups in total. The Kier molecular flexibility index (Phi) is 6.45. The first-order chi connectivity index (χ1) is 7.28. The Morgan fingerprint density at radius 1 is 1.44 bits per heavy atom. The summed E-state index contributed by atoms with van der Waals surface area (Å²) in [4.78, 5) is 0. The van der Waals surface area contributed by atoms with Gasteiger partial charge in [-0.05, 0) is 26.2 Å². The van der Waals surface area contributed by atoms with E-state index in [0.717, 1.165) is 18.7 Å². The monoisotopic (exact) mass is 229 g/mol. The lowest BCUT2D eigenvalue weighted by atomic mass is 10.0. The summed E-state index contributed by atoms with van der Waals surface area (Å²) in [6, 6.07) is 0. The fourth-order valence-electron chi connectivity index (χ4n) is 1.36. The summed E-state index contributed by atoms with van der Waals surface area (Å²) in [5.41, 5.74) is 6.17. The lowest BCUT2D eigenvalue weighted by Crippen LogP contribution is -2.33. The highest BCUT2D eigenvalue weighted by Crippen LogP contribution is 2.21. The average molecular weight is 229 g/mol. The quantitative estimate of drug-likeness (QED) is 0.516. The molecule has 0 aliphatic rings. The van der Waals surface area contributed by atoms with Crippen LogP contribution in [0.25, 0.3) is 0 Å². The van der Waals surface area contributed by atoms with E-state index in [2.05, 4.69) is 27.7 Å². The second kappa shape index (κ2) is 6.76. The van der Waals surface area contributed by atoms with Gasteiger partial charge in [-0.15, -0.1) is 0 Å². The van der Waals surface area contributed by atoms with Gasteiger partial charge in [0.15, 0.2) is 0 Å². The summed E-state index contributed by atoms with van der Waals surface area (Å²) in [7, 11) is 1.78. The van der Waals surface area contributed by atoms with Gasteiger partial charge in [0.1, 0.15) is 0 Å². The van der Waals surface area contributed by atoms with Crippen molar-refractivity contribution in [2.45, 2.75) is 46.1 Å². The highest BCUT2D eigenvalue weighted by atomic mass is 16.5. The zero-order valence-electron chi connectivity index (χ0n) is 11.3. The van der Waals surface area contributed by atoms with Gasteiger partial charge in [-0.25, -0.2) is 5.84 Å². The topological polar surface area (TPSA) is 64.5 Å². The number of hydrazine groups is 1. The summed E-state index contributed by atoms with van der Waals surface area (Å²) < 4.78 is 5.84. The van der Waals surface area contributed by atoms with Crippen LogP contribution in [0, 0.1) is 5.92 Å². The first-order valence-electron chi connectivity index (χ1n) is 5.81. The number of hydrogen-bond donors (Lipinski definition) is 2. The van der Waals surface area contributed by atoms with Crippen molar-refractivity contribution in [2.75, 3.05) is 13.7 Å². The molecule has 0 radical (unpaired) electrons. The van der Waals surface area contributed by atoms with Gasteiger partial charge < -0.3 is 15.5 Å². The van der Waals surface area contributed by atoms with Crippen LogP contribution in [0.2, 0.25) is 0 Å². The standard InChI is InChI=1S/C12H27N3O/c1-10(2)6-7-16-12(3,4)8-11(9-13)15(5)14/h9-10H,6-8,13-14H2,1-5H3/b11-9-. The molecule has 0 aromatic rings. The third-order valence-corrected chi connectivity index (χ3v) is 2.44. The molecule has 0 atom stereocenters. The molecule has 0 fully saturated rings. The lowest BCUT2D eigenvalue weighted by Gasteiger charge is -2.29. The Balaban J connectivity index is 4.12. The van der Waals surface area contributed by atoms with Crippen molar-refractivity contribution in [3.05, 3.63) is 11.9 Å². The maximum Gasteiger partial charge on any atom is 0.0681 e. The number of ether oxygens (including phenoxy) is 1. The van der Waals surface area contributed by atoms with Gasteiger partial charge in [0.25, 0.3) is 0 Å². The first-order valence-corrected chi connectivity index (χ1v) is 5.81. The van der Waals surface area contributed by atoms with Gasteiger partial charge in [0, 0.05) is 32.0 Å². The van der Waals surface area contributed by atoms with Gasteiger partial charge in [-0.1, -0.05) is 13.8 Å². The zero-order chi connectivity index (χ0) is 12.8. The molecule has 0 aliphatic carbocycles. The van der Waals surface area contributed by atoms with Crippen molar-refractivity contribution in [3.63, 3.8) is 0 Å². The lowest BCUT2D eigenvalue weighted by molar-refractivity contribution is -0.0250. The maximum absolute atomic E-state index is 5.84. The predicted molar refractivity (Wildman–Crippen MR) is 68.3 cm³/mol. The van der Waals surface area contributed by atoms with Crippen molar-refractivity contribution >= 4 is 0 Å². The van der Waals surface area contributed by atoms with Gasteiger partial charge in [0.05, 0.1) is 5.60 Å². The molecule has 16 heavy (non-hydrogen) atoms. The molecular formula is C12H27N3O. The molecule has 0 aliphatic heterocycles. The summed E-state index contributed by atoms with van der Waals surface area (Å²) in [6.45, 7) is 9.27. The first kappa shape index (κ1) is 15.3. The minimum Gasteiger partial charge on any atom is -0.403 e. The number of nitrogens with two attached hydrogens (primary N) is 2. The molecule has 0 saturated heterocycles. The minimum atomic E-state index is -0.228. The van der Waals surface area contributed by atoms with E-state index >= 15 is 0 Å². The zero-order valence-corrected chi connectivity index (χ0v) is 11.3. The van der Waals surface area contributed by atoms with E-state index in [1.165, 1.54) is 11.2 Å². The van der Waals surface area contributed by atoms with E-state index in [1.54, 1.807) is 7.05 Å². The highest BCUT2D eigenvalue weighted by molar-refractivity contribution is 5.00. The Hall–Kier alpha value is -0.740. The summed E-state index contributed by atoms with van der Waals surface area (Å²) in [5.74, 6) is 6.33. The van der Waals surface area contributed by atoms with Crippen LogP contribution in [0.3, 0.4) is 0 Å². The molecule has 4 heteroatoms. The van der Waals surface area contributed by atoms with Crippen molar-refractivity contribution in [1.29, 1.82) is 0 Å². The molecular weight excluding hydrogens is 202 g/mol. The summed E-state index contributed by atoms with van der Waals surface area (Å²) >= 11 is 0. The molecule has 4 nitrogen and oxygen atoms in total. The van der Waals surface area contributed by atoms with Crippen molar-refractivity contribution in [2.24, 2.45) is 17.5 Å². The van der Waals surface area contributed by atoms with Gasteiger partial charge >= 0.3 is 0 Å². The Morgan fingerprint density at radius 3 is 2.38 bits per heavy atom. The number of nitrogens with zero attached hydrogens (tertiary/aromatic N) is 1. The van der Waals surface area contributed by atoms with Crippen LogP contribution in [0.4, 0.5) is 0 Å². The van der Waals surface area contributed by atoms with Gasteiger partial charge in [-0.3, -0.25) is 0 Å². The Labute approximate surface area is 99.6 Å². The van der Waals surface area contributed by atoms with E-state index in [-0.39, 0.29) is 5.60 Å². The van der Waals surface area contributed by atoms with Crippen molar-refractivity contribution in [1.82, 2.24) is 5.01 Å². The van der Waals surface area contributed by atoms with Gasteiger partial charge in [0.2, 0.25) is 0 Å². The van der Waals surface area contributed by atoms with Crippen LogP contribution in [0.5, 0.6) is 0 Å². The summed E-state index contributed by atoms with van der Waals surface area (Å²) in [6.07, 6.45) is 3.33. The molecule has 0 spiro atoms. The fourth-order valence-corrected chi connectivity index (χ4v) is 1.36. The van der Waals surface area contributed by atoms with E-state index in [4.69, 9.17) is 16.3 Å². The molecule has 0 heterocycles. The normalized spacial score (nSPS) is 13.3. The third kappa shape index (κ3) is 6.69. The van der Waals surface area contributed by atoms with Crippen molar-refractivity contribution < 1.29 is 4.74 Å². The average Bonchev–Trinajstić information content (AvgIpc) is 2.12. The molecule has 0 bridgehead atoms. The Bertz CT molecular complexity index is 222. The molecule has 0 saturated carbocycles. The number of hydrogen-bond acceptors (Lipinski definition) is 4. The molecule has 0 aromatic carbocycles. The molecule has 0 aromatic heterocycles. The fraction of sp³-hybridized carbons (Fsp3) is 0.833. The summed E-state index contributed by atoms with van der Waals surface area (Å²) in [5, 5.41) is 1.54. The van der Waals surface area contributed by atoms with Crippen LogP contribution in [0.1, 0.15) is 40.5 Å². The second-order valence-electron chi connectivity index (χ2n) is 5.24. The van der Waals surface area contributed by atoms with Gasteiger partial charge in [-0.2, -0.15) is 0 Å². The SMILES string of the molecule is CC(C)CCOC(C)(C)C/C(=C/N)N(C)N. The van der Waals surface area contributed by atoms with Crippen LogP contribution >= 0.6 is 0 Å². The van der Waals surface area contributed by atoms with E-state index in [9.17, 15) is 0 Å². The van der Waals surface area contributed by atoms with E-state index in [1.807, 2.05) is 0 Å². The predicted octanol–water partition coefficient (Wildman–Crippen LogP) is 1.82. The van der Waals surface area contributed by atoms with Crippen molar-refractivity contribution in [3.8, 4) is 0 Å². The number of rotatable bonds is 7. The third-order valence-electron chi connectivity index (χ3n) is 2.44. The van der Waals surface area contributed by atoms with Crippen LogP contribution in [-0.2, 0) is 4.74 Å². The van der Waals surface area contributed by atoms with Crippen LogP contribution in [-0.4, -0.2) is 24.3 Å². The highest BCUT2D eigenvalue weighted by Gasteiger charge is 2.21. The minimum absolute atomic E-state index is 0.228. The Morgan fingerprint density at radius 2 is 2.00 bits per heavy atom. The molecule has 96 valence electrons. The second-order valence-corrected chi connectivity index (χ2v) is 5.24. The van der Waals surface area contributed by atoms with E-state index < -0.39 is 0 Å².